The molecule has 0 aliphatic carbocycles. The van der Waals surface area contributed by atoms with E-state index in [1.807, 2.05) is 62.9 Å². The van der Waals surface area contributed by atoms with Gasteiger partial charge in [-0.25, -0.2) is 0 Å². The number of aryl methyl sites for hydroxylation is 2. The highest BCUT2D eigenvalue weighted by atomic mass is 32.1. The molecule has 2 N–H and O–H groups in total. The number of nitrogens with zero attached hydrogens (tertiary/aromatic N) is 1. The Morgan fingerprint density at radius 1 is 1.33 bits per heavy atom. The maximum Gasteiger partial charge on any atom is 0.236 e. The molecule has 2 aromatic rings. The first kappa shape index (κ1) is 20.5. The largest absolute Gasteiger partial charge is 0.493 e. The van der Waals surface area contributed by atoms with Crippen LogP contribution >= 0.6 is 12.2 Å². The van der Waals surface area contributed by atoms with Crippen molar-refractivity contribution < 1.29 is 14.3 Å². The molecule has 0 spiro atoms. The summed E-state index contributed by atoms with van der Waals surface area (Å²) < 4.78 is 12.1. The van der Waals surface area contributed by atoms with Gasteiger partial charge in [-0.15, -0.1) is 0 Å². The number of fused-ring (bicyclic) bond motifs is 4. The molecule has 30 heavy (non-hydrogen) atoms. The van der Waals surface area contributed by atoms with Crippen molar-refractivity contribution in [3.8, 4) is 11.5 Å². The summed E-state index contributed by atoms with van der Waals surface area (Å²) in [4.78, 5) is 15.6. The molecule has 6 nitrogen and oxygen atoms in total. The molecule has 7 heteroatoms. The van der Waals surface area contributed by atoms with Crippen LogP contribution < -0.4 is 20.1 Å². The molecule has 1 saturated heterocycles. The fourth-order valence-corrected chi connectivity index (χ4v) is 5.06. The third kappa shape index (κ3) is 3.08. The van der Waals surface area contributed by atoms with E-state index >= 15 is 0 Å². The van der Waals surface area contributed by atoms with Gasteiger partial charge in [0.25, 0.3) is 0 Å². The summed E-state index contributed by atoms with van der Waals surface area (Å²) in [6.07, 6.45) is 0. The number of amides is 1. The van der Waals surface area contributed by atoms with Gasteiger partial charge >= 0.3 is 0 Å². The minimum atomic E-state index is -0.952. The number of hydrogen-bond acceptors (Lipinski definition) is 4. The Kier molecular flexibility index (Phi) is 5.10. The average molecular weight is 426 g/mol. The van der Waals surface area contributed by atoms with Crippen molar-refractivity contribution in [2.75, 3.05) is 19.0 Å². The summed E-state index contributed by atoms with van der Waals surface area (Å²) in [7, 11) is 1.62. The van der Waals surface area contributed by atoms with Crippen LogP contribution in [0.1, 0.15) is 36.6 Å². The average Bonchev–Trinajstić information content (AvgIpc) is 2.69. The molecule has 158 valence electrons. The monoisotopic (exact) mass is 425 g/mol. The molecule has 1 amide bonds. The number of thiocarbonyl (C=S) groups is 1. The van der Waals surface area contributed by atoms with Gasteiger partial charge < -0.3 is 25.0 Å². The van der Waals surface area contributed by atoms with E-state index in [2.05, 4.69) is 16.7 Å². The maximum absolute atomic E-state index is 13.6. The third-order valence-electron chi connectivity index (χ3n) is 6.08. The SMILES string of the molecule is CCN1C(=S)N[C@H]2c3cccc(OC)c3O[C@@]1(C)[C@@H]2C(=O)Nc1ccc(C)cc1C. The molecular weight excluding hydrogens is 398 g/mol. The minimum absolute atomic E-state index is 0.114. The van der Waals surface area contributed by atoms with Gasteiger partial charge in [0.2, 0.25) is 5.91 Å². The normalized spacial score (nSPS) is 24.4. The fourth-order valence-electron chi connectivity index (χ4n) is 4.62. The number of ether oxygens (including phenoxy) is 2. The number of methoxy groups -OCH3 is 1. The maximum atomic E-state index is 13.6. The summed E-state index contributed by atoms with van der Waals surface area (Å²) >= 11 is 5.62. The van der Waals surface area contributed by atoms with Crippen LogP contribution in [0.15, 0.2) is 36.4 Å². The summed E-state index contributed by atoms with van der Waals surface area (Å²) in [6, 6.07) is 11.4. The summed E-state index contributed by atoms with van der Waals surface area (Å²) in [6.45, 7) is 8.56. The lowest BCUT2D eigenvalue weighted by Gasteiger charge is -2.56. The van der Waals surface area contributed by atoms with Crippen LogP contribution in [-0.2, 0) is 4.79 Å². The summed E-state index contributed by atoms with van der Waals surface area (Å²) in [5.41, 5.74) is 2.89. The van der Waals surface area contributed by atoms with E-state index < -0.39 is 11.6 Å². The van der Waals surface area contributed by atoms with Crippen LogP contribution in [0.4, 0.5) is 5.69 Å². The molecular formula is C23H27N3O3S. The number of anilines is 1. The molecule has 2 aliphatic rings. The molecule has 0 saturated carbocycles. The zero-order chi connectivity index (χ0) is 21.6. The standard InChI is InChI=1S/C23H27N3O3S/c1-6-26-22(30)25-19-15-8-7-9-17(28-5)20(15)29-23(26,4)18(19)21(27)24-16-11-10-13(2)12-14(16)3/h7-12,18-19H,6H2,1-5H3,(H,24,27)(H,25,30)/t18-,19-,23-/m0/s1. The first-order valence-electron chi connectivity index (χ1n) is 10.1. The van der Waals surface area contributed by atoms with Gasteiger partial charge in [-0.1, -0.05) is 29.8 Å². The second-order valence-electron chi connectivity index (χ2n) is 7.99. The van der Waals surface area contributed by atoms with Crippen molar-refractivity contribution >= 4 is 28.9 Å². The number of para-hydroxylation sites is 1. The van der Waals surface area contributed by atoms with E-state index in [9.17, 15) is 4.79 Å². The Morgan fingerprint density at radius 2 is 2.10 bits per heavy atom. The van der Waals surface area contributed by atoms with Crippen molar-refractivity contribution in [3.63, 3.8) is 0 Å². The lowest BCUT2D eigenvalue weighted by molar-refractivity contribution is -0.149. The van der Waals surface area contributed by atoms with Gasteiger partial charge in [0, 0.05) is 17.8 Å². The van der Waals surface area contributed by atoms with Crippen molar-refractivity contribution in [2.24, 2.45) is 5.92 Å². The van der Waals surface area contributed by atoms with Gasteiger partial charge in [-0.05, 0) is 57.6 Å². The summed E-state index contributed by atoms with van der Waals surface area (Å²) in [5, 5.41) is 7.08. The Balaban J connectivity index is 1.79. The smallest absolute Gasteiger partial charge is 0.236 e. The lowest BCUT2D eigenvalue weighted by Crippen LogP contribution is -2.71. The van der Waals surface area contributed by atoms with Gasteiger partial charge in [-0.2, -0.15) is 0 Å². The molecule has 1 fully saturated rings. The number of carbonyl (C=O) groups excluding carboxylic acids is 1. The topological polar surface area (TPSA) is 62.8 Å². The summed E-state index contributed by atoms with van der Waals surface area (Å²) in [5.74, 6) is 0.653. The van der Waals surface area contributed by atoms with Gasteiger partial charge in [0.1, 0.15) is 5.92 Å². The van der Waals surface area contributed by atoms with Crippen LogP contribution in [-0.4, -0.2) is 35.3 Å². The molecule has 4 rings (SSSR count). The van der Waals surface area contributed by atoms with Crippen LogP contribution in [0.5, 0.6) is 11.5 Å². The van der Waals surface area contributed by atoms with Crippen molar-refractivity contribution in [3.05, 3.63) is 53.1 Å². The van der Waals surface area contributed by atoms with E-state index in [1.165, 1.54) is 0 Å². The van der Waals surface area contributed by atoms with Crippen LogP contribution in [0.2, 0.25) is 0 Å². The zero-order valence-electron chi connectivity index (χ0n) is 17.9. The number of nitrogens with one attached hydrogen (secondary N) is 2. The van der Waals surface area contributed by atoms with Crippen LogP contribution in [0.25, 0.3) is 0 Å². The predicted molar refractivity (Wildman–Crippen MR) is 121 cm³/mol. The minimum Gasteiger partial charge on any atom is -0.493 e. The highest BCUT2D eigenvalue weighted by Gasteiger charge is 2.58. The van der Waals surface area contributed by atoms with Crippen molar-refractivity contribution in [1.82, 2.24) is 10.2 Å². The molecule has 2 heterocycles. The lowest BCUT2D eigenvalue weighted by atomic mass is 9.78. The van der Waals surface area contributed by atoms with Gasteiger partial charge in [0.05, 0.1) is 13.2 Å². The number of rotatable bonds is 4. The van der Waals surface area contributed by atoms with Crippen LogP contribution in [0, 0.1) is 19.8 Å². The first-order valence-corrected chi connectivity index (χ1v) is 10.5. The number of hydrogen-bond donors (Lipinski definition) is 2. The highest BCUT2D eigenvalue weighted by molar-refractivity contribution is 7.80. The molecule has 2 aromatic carbocycles. The highest BCUT2D eigenvalue weighted by Crippen LogP contribution is 2.51. The van der Waals surface area contributed by atoms with E-state index in [0.29, 0.717) is 23.2 Å². The van der Waals surface area contributed by atoms with E-state index in [-0.39, 0.29) is 11.9 Å². The molecule has 0 radical (unpaired) electrons. The first-order chi connectivity index (χ1) is 14.3. The van der Waals surface area contributed by atoms with E-state index in [4.69, 9.17) is 21.7 Å². The third-order valence-corrected chi connectivity index (χ3v) is 6.42. The predicted octanol–water partition coefficient (Wildman–Crippen LogP) is 3.93. The van der Waals surface area contributed by atoms with E-state index in [0.717, 1.165) is 22.4 Å². The zero-order valence-corrected chi connectivity index (χ0v) is 18.7. The van der Waals surface area contributed by atoms with Crippen molar-refractivity contribution in [2.45, 2.75) is 39.5 Å². The second-order valence-corrected chi connectivity index (χ2v) is 8.38. The van der Waals surface area contributed by atoms with E-state index in [1.54, 1.807) is 7.11 Å². The molecule has 2 bridgehead atoms. The molecule has 3 atom stereocenters. The molecule has 2 aliphatic heterocycles. The Bertz CT molecular complexity index is 1020. The second kappa shape index (κ2) is 7.47. The molecule has 0 unspecified atom stereocenters. The number of carbonyl (C=O) groups is 1. The van der Waals surface area contributed by atoms with Crippen LogP contribution in [0.3, 0.4) is 0 Å². The quantitative estimate of drug-likeness (QED) is 0.724. The molecule has 0 aromatic heterocycles. The van der Waals surface area contributed by atoms with Gasteiger partial charge in [0.15, 0.2) is 22.3 Å². The van der Waals surface area contributed by atoms with Crippen molar-refractivity contribution in [1.29, 1.82) is 0 Å². The Labute approximate surface area is 182 Å². The Hall–Kier alpha value is -2.80. The van der Waals surface area contributed by atoms with Gasteiger partial charge in [-0.3, -0.25) is 4.79 Å². The Morgan fingerprint density at radius 3 is 2.77 bits per heavy atom. The fraction of sp³-hybridized carbons (Fsp3) is 0.391. The number of benzene rings is 2.